The molecule has 0 aliphatic rings. The van der Waals surface area contributed by atoms with Crippen LogP contribution >= 0.6 is 17.1 Å². The highest BCUT2D eigenvalue weighted by atomic mass is 32.9. The highest BCUT2D eigenvalue weighted by Gasteiger charge is 2.21. The van der Waals surface area contributed by atoms with Crippen molar-refractivity contribution in [1.82, 2.24) is 0 Å². The van der Waals surface area contributed by atoms with Gasteiger partial charge in [0, 0.05) is 41.8 Å². The van der Waals surface area contributed by atoms with Crippen LogP contribution in [0, 0.1) is 0 Å². The Morgan fingerprint density at radius 2 is 2.00 bits per heavy atom. The van der Waals surface area contributed by atoms with Gasteiger partial charge in [-0.25, -0.2) is 0 Å². The van der Waals surface area contributed by atoms with E-state index in [0.717, 1.165) is 0 Å². The van der Waals surface area contributed by atoms with E-state index in [4.69, 9.17) is 20.9 Å². The third-order valence-corrected chi connectivity index (χ3v) is 9.32. The third kappa shape index (κ3) is 5.83. The molecule has 2 atom stereocenters. The van der Waals surface area contributed by atoms with Gasteiger partial charge in [-0.05, 0) is 11.8 Å². The molecule has 0 fully saturated rings. The molecule has 0 aromatic rings. The van der Waals surface area contributed by atoms with Crippen molar-refractivity contribution in [3.63, 3.8) is 0 Å². The van der Waals surface area contributed by atoms with Gasteiger partial charge in [-0.1, -0.05) is 25.2 Å². The quantitative estimate of drug-likeness (QED) is 0.667. The second-order valence-electron chi connectivity index (χ2n) is 2.62. The van der Waals surface area contributed by atoms with E-state index in [2.05, 4.69) is 0 Å². The zero-order valence-electron chi connectivity index (χ0n) is 8.89. The van der Waals surface area contributed by atoms with Gasteiger partial charge in [0.1, 0.15) is 0 Å². The fraction of sp³-hybridized carbons (Fsp3) is 1.00. The monoisotopic (exact) mass is 276 g/mol. The molecule has 3 nitrogen and oxygen atoms in total. The first-order valence-corrected chi connectivity index (χ1v) is 9.83. The second kappa shape index (κ2) is 7.36. The Balaban J connectivity index is 4.10. The maximum atomic E-state index is 11.3. The summed E-state index contributed by atoms with van der Waals surface area (Å²) in [6.07, 6.45) is 0. The number of rotatable bonds is 7. The van der Waals surface area contributed by atoms with Crippen molar-refractivity contribution in [1.29, 1.82) is 0 Å². The summed E-state index contributed by atoms with van der Waals surface area (Å²) < 4.78 is 21.6. The molecule has 0 aliphatic heterocycles. The van der Waals surface area contributed by atoms with Crippen LogP contribution in [0.2, 0.25) is 0 Å². The Kier molecular flexibility index (Phi) is 7.92. The lowest BCUT2D eigenvalue weighted by Crippen LogP contribution is -2.11. The van der Waals surface area contributed by atoms with E-state index < -0.39 is 16.5 Å². The first-order valence-electron chi connectivity index (χ1n) is 4.22. The van der Waals surface area contributed by atoms with E-state index in [1.165, 1.54) is 11.4 Å². The zero-order valence-corrected chi connectivity index (χ0v) is 12.2. The molecule has 0 bridgehead atoms. The SMILES string of the molecule is CC[S@](=O)CC(C)SP(=S)(OC)OC. The summed E-state index contributed by atoms with van der Waals surface area (Å²) in [6, 6.07) is 0. The molecular weight excluding hydrogens is 259 g/mol. The minimum Gasteiger partial charge on any atom is -0.325 e. The molecule has 0 heterocycles. The molecule has 0 N–H and O–H groups in total. The summed E-state index contributed by atoms with van der Waals surface area (Å²) in [4.78, 5) is 0. The molecule has 0 aromatic heterocycles. The predicted molar refractivity (Wildman–Crippen MR) is 68.9 cm³/mol. The summed E-state index contributed by atoms with van der Waals surface area (Å²) >= 11 is 6.68. The third-order valence-electron chi connectivity index (χ3n) is 1.50. The van der Waals surface area contributed by atoms with Crippen LogP contribution in [-0.2, 0) is 31.7 Å². The fourth-order valence-electron chi connectivity index (χ4n) is 0.791. The first kappa shape index (κ1) is 15.1. The summed E-state index contributed by atoms with van der Waals surface area (Å²) in [5.41, 5.74) is -2.19. The van der Waals surface area contributed by atoms with Crippen molar-refractivity contribution >= 4 is 39.7 Å². The topological polar surface area (TPSA) is 35.5 Å². The molecule has 86 valence electrons. The van der Waals surface area contributed by atoms with Gasteiger partial charge in [-0.3, -0.25) is 4.21 Å². The Bertz CT molecular complexity index is 226. The lowest BCUT2D eigenvalue weighted by molar-refractivity contribution is 0.354. The van der Waals surface area contributed by atoms with Gasteiger partial charge in [0.15, 0.2) is 0 Å². The molecule has 0 saturated carbocycles. The summed E-state index contributed by atoms with van der Waals surface area (Å²) in [5, 5.41) is 0.210. The Morgan fingerprint density at radius 1 is 1.50 bits per heavy atom. The van der Waals surface area contributed by atoms with Crippen LogP contribution in [0.5, 0.6) is 0 Å². The highest BCUT2D eigenvalue weighted by Crippen LogP contribution is 2.61. The maximum absolute atomic E-state index is 11.3. The van der Waals surface area contributed by atoms with Crippen molar-refractivity contribution in [3.05, 3.63) is 0 Å². The summed E-state index contributed by atoms with van der Waals surface area (Å²) in [7, 11) is 2.36. The molecule has 0 aromatic carbocycles. The van der Waals surface area contributed by atoms with Gasteiger partial charge < -0.3 is 9.05 Å². The molecule has 14 heavy (non-hydrogen) atoms. The fourth-order valence-corrected chi connectivity index (χ4v) is 6.72. The van der Waals surface area contributed by atoms with E-state index in [1.807, 2.05) is 13.8 Å². The van der Waals surface area contributed by atoms with Crippen LogP contribution < -0.4 is 0 Å². The van der Waals surface area contributed by atoms with E-state index in [-0.39, 0.29) is 5.25 Å². The molecule has 0 radical (unpaired) electrons. The van der Waals surface area contributed by atoms with Crippen molar-refractivity contribution in [3.8, 4) is 0 Å². The Labute approximate surface area is 97.7 Å². The average molecular weight is 276 g/mol. The van der Waals surface area contributed by atoms with Crippen LogP contribution in [0.1, 0.15) is 13.8 Å². The average Bonchev–Trinajstić information content (AvgIpc) is 2.17. The van der Waals surface area contributed by atoms with Crippen LogP contribution in [0.25, 0.3) is 0 Å². The lowest BCUT2D eigenvalue weighted by Gasteiger charge is -2.20. The molecule has 1 unspecified atom stereocenters. The smallest absolute Gasteiger partial charge is 0.247 e. The molecule has 0 rings (SSSR count). The zero-order chi connectivity index (χ0) is 11.2. The van der Waals surface area contributed by atoms with Crippen molar-refractivity contribution in [2.24, 2.45) is 0 Å². The van der Waals surface area contributed by atoms with Crippen molar-refractivity contribution in [2.45, 2.75) is 19.1 Å². The van der Waals surface area contributed by atoms with Crippen LogP contribution in [0.15, 0.2) is 0 Å². The van der Waals surface area contributed by atoms with Crippen molar-refractivity contribution in [2.75, 3.05) is 25.7 Å². The van der Waals surface area contributed by atoms with E-state index in [9.17, 15) is 4.21 Å². The molecule has 0 amide bonds. The van der Waals surface area contributed by atoms with Crippen LogP contribution in [-0.4, -0.2) is 35.2 Å². The Hall–Kier alpha value is 1.07. The molecule has 7 heteroatoms. The number of hydrogen-bond acceptors (Lipinski definition) is 5. The maximum Gasteiger partial charge on any atom is 0.247 e. The van der Waals surface area contributed by atoms with Crippen LogP contribution in [0.3, 0.4) is 0 Å². The van der Waals surface area contributed by atoms with Gasteiger partial charge in [-0.2, -0.15) is 0 Å². The predicted octanol–water partition coefficient (Wildman–Crippen LogP) is 2.39. The standard InChI is InChI=1S/C7H17O3PS3/c1-5-14(8)6-7(2)13-11(12,9-3)10-4/h7H,5-6H2,1-4H3/t7?,14-/m0/s1. The summed E-state index contributed by atoms with van der Waals surface area (Å²) in [6.45, 7) is 3.91. The van der Waals surface area contributed by atoms with Gasteiger partial charge in [0.25, 0.3) is 0 Å². The molecule has 0 aliphatic carbocycles. The minimum atomic E-state index is -2.19. The lowest BCUT2D eigenvalue weighted by atomic mass is 10.6. The highest BCUT2D eigenvalue weighted by molar-refractivity contribution is 8.68. The van der Waals surface area contributed by atoms with Crippen LogP contribution in [0.4, 0.5) is 0 Å². The number of hydrogen-bond donors (Lipinski definition) is 0. The van der Waals surface area contributed by atoms with Gasteiger partial charge >= 0.3 is 0 Å². The van der Waals surface area contributed by atoms with E-state index in [1.54, 1.807) is 14.2 Å². The molecule has 0 saturated heterocycles. The minimum absolute atomic E-state index is 0.210. The summed E-state index contributed by atoms with van der Waals surface area (Å²) in [5.74, 6) is 1.33. The van der Waals surface area contributed by atoms with Crippen molar-refractivity contribution < 1.29 is 13.3 Å². The normalized spacial score (nSPS) is 16.6. The van der Waals surface area contributed by atoms with Gasteiger partial charge in [-0.15, -0.1) is 0 Å². The van der Waals surface area contributed by atoms with Gasteiger partial charge in [0.2, 0.25) is 5.69 Å². The molecular formula is C7H17O3PS3. The van der Waals surface area contributed by atoms with E-state index >= 15 is 0 Å². The second-order valence-corrected chi connectivity index (χ2v) is 11.3. The first-order chi connectivity index (χ1) is 6.47. The largest absolute Gasteiger partial charge is 0.325 e. The molecule has 0 spiro atoms. The van der Waals surface area contributed by atoms with Gasteiger partial charge in [0.05, 0.1) is 0 Å². The van der Waals surface area contributed by atoms with E-state index in [0.29, 0.717) is 11.5 Å². The Morgan fingerprint density at radius 3 is 2.36 bits per heavy atom.